The molecule has 0 saturated carbocycles. The molecule has 0 radical (unpaired) electrons. The largest absolute Gasteiger partial charge is 0.372 e. The second kappa shape index (κ2) is 4.99. The van der Waals surface area contributed by atoms with Gasteiger partial charge in [-0.05, 0) is 6.92 Å². The Hall–Kier alpha value is -1.87. The lowest BCUT2D eigenvalue weighted by Crippen LogP contribution is -2.18. The van der Waals surface area contributed by atoms with E-state index >= 15 is 0 Å². The summed E-state index contributed by atoms with van der Waals surface area (Å²) in [7, 11) is 0. The van der Waals surface area contributed by atoms with E-state index in [0.29, 0.717) is 18.0 Å². The summed E-state index contributed by atoms with van der Waals surface area (Å²) in [6.45, 7) is 2.24. The average Bonchev–Trinajstić information content (AvgIpc) is 2.62. The summed E-state index contributed by atoms with van der Waals surface area (Å²) in [5.41, 5.74) is 0.301. The molecular weight excluding hydrogens is 184 g/mol. The first-order valence-electron chi connectivity index (χ1n) is 4.09. The van der Waals surface area contributed by atoms with E-state index < -0.39 is 0 Å². The van der Waals surface area contributed by atoms with Gasteiger partial charge in [-0.2, -0.15) is 10.4 Å². The normalized spacial score (nSPS) is 9.43. The highest BCUT2D eigenvalue weighted by molar-refractivity contribution is 5.91. The number of aromatic nitrogens is 2. The lowest BCUT2D eigenvalue weighted by Gasteiger charge is -2.02. The molecule has 0 unspecified atom stereocenters. The van der Waals surface area contributed by atoms with Crippen LogP contribution in [0.1, 0.15) is 12.5 Å². The van der Waals surface area contributed by atoms with E-state index in [4.69, 9.17) is 10.00 Å². The fourth-order valence-corrected chi connectivity index (χ4v) is 0.836. The molecule has 0 aliphatic rings. The molecule has 1 aromatic heterocycles. The van der Waals surface area contributed by atoms with E-state index in [1.54, 1.807) is 6.92 Å². The number of hydrogen-bond donors (Lipinski definition) is 2. The van der Waals surface area contributed by atoms with Crippen LogP contribution >= 0.6 is 0 Å². The van der Waals surface area contributed by atoms with Crippen molar-refractivity contribution >= 4 is 11.7 Å². The third kappa shape index (κ3) is 2.57. The van der Waals surface area contributed by atoms with E-state index in [1.807, 2.05) is 6.07 Å². The molecule has 0 fully saturated rings. The number of hydrogen-bond acceptors (Lipinski definition) is 4. The minimum Gasteiger partial charge on any atom is -0.372 e. The SMILES string of the molecule is CCOCC(=O)Nc1[nH]ncc1C#N. The molecule has 1 rings (SSSR count). The van der Waals surface area contributed by atoms with Gasteiger partial charge in [0.25, 0.3) is 5.91 Å². The van der Waals surface area contributed by atoms with Crippen molar-refractivity contribution in [1.82, 2.24) is 10.2 Å². The summed E-state index contributed by atoms with van der Waals surface area (Å²) < 4.78 is 4.89. The summed E-state index contributed by atoms with van der Waals surface area (Å²) in [5.74, 6) is -0.00944. The van der Waals surface area contributed by atoms with Crippen molar-refractivity contribution in [3.05, 3.63) is 11.8 Å². The number of nitrogens with one attached hydrogen (secondary N) is 2. The van der Waals surface area contributed by atoms with Crippen molar-refractivity contribution in [2.45, 2.75) is 6.92 Å². The van der Waals surface area contributed by atoms with Crippen LogP contribution in [0.2, 0.25) is 0 Å². The van der Waals surface area contributed by atoms with Gasteiger partial charge in [0, 0.05) is 6.61 Å². The fourth-order valence-electron chi connectivity index (χ4n) is 0.836. The topological polar surface area (TPSA) is 90.8 Å². The number of carbonyl (C=O) groups is 1. The molecule has 1 amide bonds. The Morgan fingerprint density at radius 1 is 1.86 bits per heavy atom. The fraction of sp³-hybridized carbons (Fsp3) is 0.375. The van der Waals surface area contributed by atoms with Crippen molar-refractivity contribution in [1.29, 1.82) is 5.26 Å². The van der Waals surface area contributed by atoms with Crippen LogP contribution in [-0.2, 0) is 9.53 Å². The second-order valence-electron chi connectivity index (χ2n) is 2.46. The monoisotopic (exact) mass is 194 g/mol. The lowest BCUT2D eigenvalue weighted by molar-refractivity contribution is -0.120. The van der Waals surface area contributed by atoms with Crippen molar-refractivity contribution in [2.75, 3.05) is 18.5 Å². The standard InChI is InChI=1S/C8H10N4O2/c1-2-14-5-7(13)11-8-6(3-9)4-10-12-8/h4H,2,5H2,1H3,(H2,10,11,12,13). The summed E-state index contributed by atoms with van der Waals surface area (Å²) >= 11 is 0. The molecule has 14 heavy (non-hydrogen) atoms. The summed E-state index contributed by atoms with van der Waals surface area (Å²) in [5, 5.41) is 17.2. The number of nitrogens with zero attached hydrogens (tertiary/aromatic N) is 2. The van der Waals surface area contributed by atoms with Gasteiger partial charge in [0.1, 0.15) is 24.1 Å². The number of H-pyrrole nitrogens is 1. The van der Waals surface area contributed by atoms with Gasteiger partial charge in [-0.25, -0.2) is 0 Å². The number of nitriles is 1. The van der Waals surface area contributed by atoms with Gasteiger partial charge in [-0.3, -0.25) is 9.89 Å². The molecule has 0 atom stereocenters. The molecule has 6 heteroatoms. The van der Waals surface area contributed by atoms with Crippen molar-refractivity contribution in [3.63, 3.8) is 0 Å². The van der Waals surface area contributed by atoms with Gasteiger partial charge in [0.2, 0.25) is 0 Å². The van der Waals surface area contributed by atoms with E-state index in [2.05, 4.69) is 15.5 Å². The quantitative estimate of drug-likeness (QED) is 0.719. The zero-order chi connectivity index (χ0) is 10.4. The molecule has 0 aliphatic carbocycles. The van der Waals surface area contributed by atoms with Crippen LogP contribution in [0.25, 0.3) is 0 Å². The zero-order valence-corrected chi connectivity index (χ0v) is 7.70. The molecule has 0 spiro atoms. The Bertz CT molecular complexity index is 352. The highest BCUT2D eigenvalue weighted by Crippen LogP contribution is 2.08. The van der Waals surface area contributed by atoms with Crippen LogP contribution in [0.4, 0.5) is 5.82 Å². The smallest absolute Gasteiger partial charge is 0.251 e. The first kappa shape index (κ1) is 10.2. The average molecular weight is 194 g/mol. The Morgan fingerprint density at radius 3 is 3.29 bits per heavy atom. The van der Waals surface area contributed by atoms with E-state index in [0.717, 1.165) is 0 Å². The number of ether oxygens (including phenoxy) is 1. The van der Waals surface area contributed by atoms with Crippen LogP contribution in [0.15, 0.2) is 6.20 Å². The van der Waals surface area contributed by atoms with Crippen molar-refractivity contribution < 1.29 is 9.53 Å². The molecule has 0 aromatic carbocycles. The molecule has 1 aromatic rings. The lowest BCUT2D eigenvalue weighted by atomic mass is 10.3. The molecule has 1 heterocycles. The summed E-state index contributed by atoms with van der Waals surface area (Å²) in [6, 6.07) is 1.89. The Labute approximate surface area is 80.9 Å². The van der Waals surface area contributed by atoms with Crippen molar-refractivity contribution in [3.8, 4) is 6.07 Å². The summed E-state index contributed by atoms with van der Waals surface area (Å²) in [6.07, 6.45) is 1.34. The van der Waals surface area contributed by atoms with Crippen LogP contribution in [0.3, 0.4) is 0 Å². The highest BCUT2D eigenvalue weighted by atomic mass is 16.5. The number of aromatic amines is 1. The van der Waals surface area contributed by atoms with Crippen LogP contribution in [-0.4, -0.2) is 29.3 Å². The van der Waals surface area contributed by atoms with Crippen molar-refractivity contribution in [2.24, 2.45) is 0 Å². The predicted molar refractivity (Wildman–Crippen MR) is 48.4 cm³/mol. The maximum Gasteiger partial charge on any atom is 0.251 e. The number of carbonyl (C=O) groups excluding carboxylic acids is 1. The maximum atomic E-state index is 11.1. The number of amides is 1. The van der Waals surface area contributed by atoms with Crippen LogP contribution in [0, 0.1) is 11.3 Å². The zero-order valence-electron chi connectivity index (χ0n) is 7.70. The first-order valence-corrected chi connectivity index (χ1v) is 4.09. The van der Waals surface area contributed by atoms with Gasteiger partial charge < -0.3 is 10.1 Å². The molecule has 0 aliphatic heterocycles. The first-order chi connectivity index (χ1) is 6.77. The van der Waals surface area contributed by atoms with Gasteiger partial charge >= 0.3 is 0 Å². The third-order valence-corrected chi connectivity index (χ3v) is 1.46. The summed E-state index contributed by atoms with van der Waals surface area (Å²) in [4.78, 5) is 11.1. The van der Waals surface area contributed by atoms with Crippen LogP contribution < -0.4 is 5.32 Å². The third-order valence-electron chi connectivity index (χ3n) is 1.46. The van der Waals surface area contributed by atoms with Gasteiger partial charge in [-0.1, -0.05) is 0 Å². The molecule has 74 valence electrons. The van der Waals surface area contributed by atoms with Gasteiger partial charge in [0.15, 0.2) is 0 Å². The molecule has 6 nitrogen and oxygen atoms in total. The minimum atomic E-state index is -0.312. The van der Waals surface area contributed by atoms with E-state index in [-0.39, 0.29) is 12.5 Å². The second-order valence-corrected chi connectivity index (χ2v) is 2.46. The highest BCUT2D eigenvalue weighted by Gasteiger charge is 2.07. The molecule has 0 saturated heterocycles. The number of rotatable bonds is 4. The Kier molecular flexibility index (Phi) is 3.64. The van der Waals surface area contributed by atoms with Crippen LogP contribution in [0.5, 0.6) is 0 Å². The maximum absolute atomic E-state index is 11.1. The number of anilines is 1. The van der Waals surface area contributed by atoms with Gasteiger partial charge in [-0.15, -0.1) is 0 Å². The van der Waals surface area contributed by atoms with E-state index in [9.17, 15) is 4.79 Å². The molecule has 0 bridgehead atoms. The van der Waals surface area contributed by atoms with Gasteiger partial charge in [0.05, 0.1) is 6.20 Å². The Morgan fingerprint density at radius 2 is 2.64 bits per heavy atom. The Balaban J connectivity index is 2.52. The predicted octanol–water partition coefficient (Wildman–Crippen LogP) is 0.256. The molecule has 2 N–H and O–H groups in total. The minimum absolute atomic E-state index is 0.0274. The molecular formula is C8H10N4O2. The van der Waals surface area contributed by atoms with E-state index in [1.165, 1.54) is 6.20 Å².